The molecule has 2 aromatic carbocycles. The Bertz CT molecular complexity index is 1170. The second-order valence-corrected chi connectivity index (χ2v) is 7.59. The highest BCUT2D eigenvalue weighted by molar-refractivity contribution is 5.94. The first-order valence-corrected chi connectivity index (χ1v) is 10.3. The fourth-order valence-electron chi connectivity index (χ4n) is 4.10. The first kappa shape index (κ1) is 19.2. The standard InChI is InChI=1S/C22H24N6O3/c1-30-18-12-14(8-9-17(18)31-13-19(29)27-10-4-5-11-27)20-25-21(23)26-22-24-15-6-2-3-7-16(15)28(20)22/h2-3,6-9,12,20H,4-5,10-11,13H2,1H3,(H3,23,24,25,26). The minimum atomic E-state index is -0.405. The van der Waals surface area contributed by atoms with Gasteiger partial charge in [-0.15, -0.1) is 0 Å². The molecule has 0 spiro atoms. The highest BCUT2D eigenvalue weighted by Gasteiger charge is 2.26. The Labute approximate surface area is 179 Å². The molecule has 3 heterocycles. The average molecular weight is 420 g/mol. The molecule has 2 aliphatic heterocycles. The van der Waals surface area contributed by atoms with Crippen LogP contribution in [0.3, 0.4) is 0 Å². The van der Waals surface area contributed by atoms with Crippen LogP contribution in [0, 0.1) is 0 Å². The summed E-state index contributed by atoms with van der Waals surface area (Å²) >= 11 is 0. The summed E-state index contributed by atoms with van der Waals surface area (Å²) in [5, 5.41) is 3.03. The molecule has 9 heteroatoms. The van der Waals surface area contributed by atoms with Crippen molar-refractivity contribution in [2.75, 3.05) is 32.1 Å². The minimum absolute atomic E-state index is 0.00566. The third-order valence-corrected chi connectivity index (χ3v) is 5.64. The third kappa shape index (κ3) is 3.52. The molecule has 1 amide bonds. The fourth-order valence-corrected chi connectivity index (χ4v) is 4.10. The summed E-state index contributed by atoms with van der Waals surface area (Å²) in [6.07, 6.45) is 1.70. The average Bonchev–Trinajstić information content (AvgIpc) is 3.44. The number of amides is 1. The van der Waals surface area contributed by atoms with Crippen molar-refractivity contribution in [3.8, 4) is 11.5 Å². The van der Waals surface area contributed by atoms with Gasteiger partial charge in [-0.1, -0.05) is 18.2 Å². The van der Waals surface area contributed by atoms with Crippen LogP contribution in [0.4, 0.5) is 5.95 Å². The molecule has 1 aromatic heterocycles. The zero-order valence-electron chi connectivity index (χ0n) is 17.2. The lowest BCUT2D eigenvalue weighted by Gasteiger charge is -2.24. The summed E-state index contributed by atoms with van der Waals surface area (Å²) in [6.45, 7) is 1.59. The summed E-state index contributed by atoms with van der Waals surface area (Å²) in [5.41, 5.74) is 8.69. The number of fused-ring (bicyclic) bond motifs is 3. The van der Waals surface area contributed by atoms with Gasteiger partial charge in [-0.05, 0) is 37.1 Å². The normalized spacial score (nSPS) is 17.8. The van der Waals surface area contributed by atoms with Gasteiger partial charge >= 0.3 is 0 Å². The second kappa shape index (κ2) is 7.82. The Balaban J connectivity index is 1.44. The van der Waals surface area contributed by atoms with E-state index in [4.69, 9.17) is 15.2 Å². The number of aliphatic imine (C=N–C) groups is 1. The maximum atomic E-state index is 12.3. The topological polar surface area (TPSA) is 107 Å². The molecule has 160 valence electrons. The summed E-state index contributed by atoms with van der Waals surface area (Å²) < 4.78 is 13.3. The van der Waals surface area contributed by atoms with Crippen molar-refractivity contribution >= 4 is 28.8 Å². The number of carbonyl (C=O) groups excluding carboxylic acids is 1. The van der Waals surface area contributed by atoms with Gasteiger partial charge in [0.1, 0.15) is 0 Å². The van der Waals surface area contributed by atoms with Gasteiger partial charge in [0.05, 0.1) is 18.1 Å². The molecule has 31 heavy (non-hydrogen) atoms. The molecule has 1 atom stereocenters. The lowest BCUT2D eigenvalue weighted by atomic mass is 10.1. The number of nitrogens with two attached hydrogens (primary N) is 1. The number of para-hydroxylation sites is 2. The summed E-state index contributed by atoms with van der Waals surface area (Å²) in [5.74, 6) is 1.97. The van der Waals surface area contributed by atoms with E-state index in [9.17, 15) is 4.79 Å². The number of likely N-dealkylation sites (tertiary alicyclic amines) is 1. The number of aromatic nitrogens is 2. The lowest BCUT2D eigenvalue weighted by Crippen LogP contribution is -2.32. The van der Waals surface area contributed by atoms with Crippen LogP contribution in [0.1, 0.15) is 24.6 Å². The monoisotopic (exact) mass is 420 g/mol. The molecule has 1 fully saturated rings. The molecule has 0 aliphatic carbocycles. The highest BCUT2D eigenvalue weighted by atomic mass is 16.5. The van der Waals surface area contributed by atoms with Gasteiger partial charge in [-0.3, -0.25) is 14.7 Å². The van der Waals surface area contributed by atoms with Crippen molar-refractivity contribution in [3.63, 3.8) is 0 Å². The number of methoxy groups -OCH3 is 1. The number of nitrogens with one attached hydrogen (secondary N) is 1. The molecule has 3 N–H and O–H groups in total. The number of hydrogen-bond acceptors (Lipinski definition) is 7. The van der Waals surface area contributed by atoms with Crippen molar-refractivity contribution in [1.29, 1.82) is 0 Å². The zero-order valence-corrected chi connectivity index (χ0v) is 17.2. The van der Waals surface area contributed by atoms with Gasteiger partial charge in [-0.25, -0.2) is 9.98 Å². The van der Waals surface area contributed by atoms with Gasteiger partial charge in [0.15, 0.2) is 30.2 Å². The SMILES string of the molecule is COc1cc(C2N=C(N)Nc3nc4ccccc4n32)ccc1OCC(=O)N1CCCC1. The number of anilines is 1. The molecule has 1 unspecified atom stereocenters. The van der Waals surface area contributed by atoms with Crippen LogP contribution in [0.25, 0.3) is 11.0 Å². The molecule has 0 radical (unpaired) electrons. The van der Waals surface area contributed by atoms with Crippen LogP contribution < -0.4 is 20.5 Å². The molecule has 0 saturated carbocycles. The fraction of sp³-hybridized carbons (Fsp3) is 0.318. The first-order chi connectivity index (χ1) is 15.1. The van der Waals surface area contributed by atoms with Crippen LogP contribution in [-0.2, 0) is 4.79 Å². The minimum Gasteiger partial charge on any atom is -0.493 e. The van der Waals surface area contributed by atoms with Gasteiger partial charge in [0, 0.05) is 18.7 Å². The van der Waals surface area contributed by atoms with E-state index < -0.39 is 6.17 Å². The molecular weight excluding hydrogens is 396 g/mol. The van der Waals surface area contributed by atoms with Crippen molar-refractivity contribution in [3.05, 3.63) is 48.0 Å². The van der Waals surface area contributed by atoms with E-state index in [1.54, 1.807) is 13.2 Å². The molecule has 5 rings (SSSR count). The summed E-state index contributed by atoms with van der Waals surface area (Å²) in [7, 11) is 1.58. The Hall–Kier alpha value is -3.75. The molecule has 2 aliphatic rings. The molecule has 9 nitrogen and oxygen atoms in total. The maximum absolute atomic E-state index is 12.3. The van der Waals surface area contributed by atoms with Crippen LogP contribution >= 0.6 is 0 Å². The number of rotatable bonds is 5. The van der Waals surface area contributed by atoms with Crippen LogP contribution in [0.5, 0.6) is 11.5 Å². The predicted molar refractivity (Wildman–Crippen MR) is 117 cm³/mol. The highest BCUT2D eigenvalue weighted by Crippen LogP contribution is 2.36. The van der Waals surface area contributed by atoms with E-state index in [0.29, 0.717) is 23.4 Å². The third-order valence-electron chi connectivity index (χ3n) is 5.64. The number of ether oxygens (including phenoxy) is 2. The Kier molecular flexibility index (Phi) is 4.85. The smallest absolute Gasteiger partial charge is 0.260 e. The molecule has 0 bridgehead atoms. The Morgan fingerprint density at radius 2 is 2.00 bits per heavy atom. The lowest BCUT2D eigenvalue weighted by molar-refractivity contribution is -0.132. The predicted octanol–water partition coefficient (Wildman–Crippen LogP) is 2.33. The van der Waals surface area contributed by atoms with Crippen molar-refractivity contribution in [2.45, 2.75) is 19.0 Å². The molecule has 1 saturated heterocycles. The quantitative estimate of drug-likeness (QED) is 0.656. The van der Waals surface area contributed by atoms with Gasteiger partial charge < -0.3 is 20.1 Å². The first-order valence-electron chi connectivity index (χ1n) is 10.3. The van der Waals surface area contributed by atoms with Crippen molar-refractivity contribution < 1.29 is 14.3 Å². The van der Waals surface area contributed by atoms with E-state index in [0.717, 1.165) is 42.5 Å². The van der Waals surface area contributed by atoms with Gasteiger partial charge in [0.2, 0.25) is 5.95 Å². The summed E-state index contributed by atoms with van der Waals surface area (Å²) in [6, 6.07) is 13.4. The van der Waals surface area contributed by atoms with Gasteiger partial charge in [-0.2, -0.15) is 0 Å². The number of imidazole rings is 1. The number of carbonyl (C=O) groups is 1. The number of hydrogen-bond donors (Lipinski definition) is 2. The number of nitrogens with zero attached hydrogens (tertiary/aromatic N) is 4. The van der Waals surface area contributed by atoms with Crippen LogP contribution in [0.15, 0.2) is 47.5 Å². The Morgan fingerprint density at radius 3 is 2.81 bits per heavy atom. The summed E-state index contributed by atoms with van der Waals surface area (Å²) in [4.78, 5) is 23.4. The van der Waals surface area contributed by atoms with Crippen LogP contribution in [-0.4, -0.2) is 53.1 Å². The van der Waals surface area contributed by atoms with Crippen molar-refractivity contribution in [1.82, 2.24) is 14.5 Å². The van der Waals surface area contributed by atoms with E-state index in [1.165, 1.54) is 0 Å². The number of guanidine groups is 1. The van der Waals surface area contributed by atoms with E-state index >= 15 is 0 Å². The van der Waals surface area contributed by atoms with E-state index in [1.807, 2.05) is 45.9 Å². The van der Waals surface area contributed by atoms with E-state index in [2.05, 4.69) is 15.3 Å². The number of benzene rings is 2. The molecular formula is C22H24N6O3. The largest absolute Gasteiger partial charge is 0.493 e. The van der Waals surface area contributed by atoms with Crippen LogP contribution in [0.2, 0.25) is 0 Å². The van der Waals surface area contributed by atoms with E-state index in [-0.39, 0.29) is 12.5 Å². The Morgan fingerprint density at radius 1 is 1.19 bits per heavy atom. The van der Waals surface area contributed by atoms with Gasteiger partial charge in [0.25, 0.3) is 5.91 Å². The molecule has 3 aromatic rings. The van der Waals surface area contributed by atoms with Crippen molar-refractivity contribution in [2.24, 2.45) is 10.7 Å². The maximum Gasteiger partial charge on any atom is 0.260 e. The zero-order chi connectivity index (χ0) is 21.4. The second-order valence-electron chi connectivity index (χ2n) is 7.59.